The molecule has 0 aliphatic heterocycles. The number of carboxylic acids is 1. The zero-order valence-corrected chi connectivity index (χ0v) is 13.9. The molecule has 3 N–H and O–H groups in total. The maximum Gasteiger partial charge on any atom is 0.335 e. The fourth-order valence-corrected chi connectivity index (χ4v) is 3.31. The third kappa shape index (κ3) is 5.19. The summed E-state index contributed by atoms with van der Waals surface area (Å²) in [7, 11) is -3.78. The van der Waals surface area contributed by atoms with Crippen LogP contribution >= 0.6 is 0 Å². The minimum absolute atomic E-state index is 0.0271. The predicted octanol–water partition coefficient (Wildman–Crippen LogP) is 1.66. The molecule has 23 heavy (non-hydrogen) atoms. The van der Waals surface area contributed by atoms with E-state index in [1.165, 1.54) is 18.2 Å². The van der Waals surface area contributed by atoms with Gasteiger partial charge in [-0.2, -0.15) is 0 Å². The van der Waals surface area contributed by atoms with Crippen LogP contribution in [0.3, 0.4) is 0 Å². The highest BCUT2D eigenvalue weighted by molar-refractivity contribution is 7.89. The number of sulfonamides is 1. The zero-order chi connectivity index (χ0) is 16.9. The highest BCUT2D eigenvalue weighted by atomic mass is 32.2. The molecule has 0 amide bonds. The molecule has 128 valence electrons. The van der Waals surface area contributed by atoms with Crippen LogP contribution in [0.5, 0.6) is 0 Å². The van der Waals surface area contributed by atoms with E-state index in [2.05, 4.69) is 10.0 Å². The summed E-state index contributed by atoms with van der Waals surface area (Å²) >= 11 is 0. The van der Waals surface area contributed by atoms with Crippen molar-refractivity contribution in [3.63, 3.8) is 0 Å². The molecule has 0 spiro atoms. The minimum atomic E-state index is -3.78. The molecule has 2 rings (SSSR count). The average molecular weight is 342 g/mol. The molecule has 8 heteroatoms. The van der Waals surface area contributed by atoms with Crippen LogP contribution in [-0.2, 0) is 14.8 Å². The summed E-state index contributed by atoms with van der Waals surface area (Å²) in [6, 6.07) is 4.37. The van der Waals surface area contributed by atoms with Crippen molar-refractivity contribution in [3.8, 4) is 0 Å². The molecule has 0 aromatic heterocycles. The Morgan fingerprint density at radius 2 is 2.13 bits per heavy atom. The van der Waals surface area contributed by atoms with Crippen LogP contribution < -0.4 is 10.0 Å². The third-order valence-electron chi connectivity index (χ3n) is 3.42. The number of aromatic carboxylic acids is 1. The van der Waals surface area contributed by atoms with Gasteiger partial charge in [-0.05, 0) is 44.4 Å². The molecular weight excluding hydrogens is 320 g/mol. The Labute approximate surface area is 136 Å². The Morgan fingerprint density at radius 1 is 1.39 bits per heavy atom. The van der Waals surface area contributed by atoms with E-state index in [4.69, 9.17) is 9.84 Å². The number of benzene rings is 1. The van der Waals surface area contributed by atoms with Gasteiger partial charge in [-0.25, -0.2) is 17.9 Å². The van der Waals surface area contributed by atoms with E-state index in [1.54, 1.807) is 0 Å². The number of anilines is 1. The first-order chi connectivity index (χ1) is 10.9. The lowest BCUT2D eigenvalue weighted by atomic mass is 10.2. The van der Waals surface area contributed by atoms with Gasteiger partial charge in [-0.1, -0.05) is 0 Å². The number of carbonyl (C=O) groups is 1. The van der Waals surface area contributed by atoms with Crippen molar-refractivity contribution in [3.05, 3.63) is 23.8 Å². The van der Waals surface area contributed by atoms with Crippen LogP contribution in [0.4, 0.5) is 5.69 Å². The van der Waals surface area contributed by atoms with Crippen molar-refractivity contribution in [1.82, 2.24) is 4.72 Å². The average Bonchev–Trinajstić information content (AvgIpc) is 3.31. The second kappa shape index (κ2) is 7.76. The van der Waals surface area contributed by atoms with Gasteiger partial charge in [0.15, 0.2) is 0 Å². The Morgan fingerprint density at radius 3 is 2.74 bits per heavy atom. The maximum absolute atomic E-state index is 12.5. The molecule has 0 radical (unpaired) electrons. The largest absolute Gasteiger partial charge is 0.478 e. The molecule has 1 saturated carbocycles. The van der Waals surface area contributed by atoms with E-state index in [0.717, 1.165) is 12.8 Å². The second-order valence-electron chi connectivity index (χ2n) is 5.38. The molecule has 0 atom stereocenters. The second-order valence-corrected chi connectivity index (χ2v) is 7.12. The fraction of sp³-hybridized carbons (Fsp3) is 0.533. The minimum Gasteiger partial charge on any atom is -0.478 e. The SMILES string of the molecule is CCOCCCNS(=O)(=O)c1cc(C(=O)O)ccc1NC1CC1. The molecule has 1 aromatic rings. The summed E-state index contributed by atoms with van der Waals surface area (Å²) in [6.45, 7) is 3.17. The van der Waals surface area contributed by atoms with Crippen molar-refractivity contribution in [2.75, 3.05) is 25.1 Å². The quantitative estimate of drug-likeness (QED) is 0.559. The van der Waals surface area contributed by atoms with E-state index in [1.807, 2.05) is 6.92 Å². The molecule has 1 aliphatic carbocycles. The van der Waals surface area contributed by atoms with Crippen LogP contribution in [0.2, 0.25) is 0 Å². The molecule has 0 saturated heterocycles. The van der Waals surface area contributed by atoms with Crippen LogP contribution in [-0.4, -0.2) is 45.3 Å². The van der Waals surface area contributed by atoms with Gasteiger partial charge in [-0.15, -0.1) is 0 Å². The summed E-state index contributed by atoms with van der Waals surface area (Å²) < 4.78 is 32.6. The van der Waals surface area contributed by atoms with Crippen LogP contribution in [0.1, 0.15) is 36.5 Å². The molecule has 1 aromatic carbocycles. The first-order valence-electron chi connectivity index (χ1n) is 7.65. The molecule has 7 nitrogen and oxygen atoms in total. The van der Waals surface area contributed by atoms with Gasteiger partial charge in [-0.3, -0.25) is 0 Å². The first kappa shape index (κ1) is 17.7. The monoisotopic (exact) mass is 342 g/mol. The number of ether oxygens (including phenoxy) is 1. The van der Waals surface area contributed by atoms with Gasteiger partial charge >= 0.3 is 5.97 Å². The normalized spacial score (nSPS) is 14.7. The summed E-state index contributed by atoms with van der Waals surface area (Å²) in [6.07, 6.45) is 2.53. The Bertz CT molecular complexity index is 656. The summed E-state index contributed by atoms with van der Waals surface area (Å²) in [5, 5.41) is 12.2. The van der Waals surface area contributed by atoms with Crippen molar-refractivity contribution in [1.29, 1.82) is 0 Å². The van der Waals surface area contributed by atoms with Crippen molar-refractivity contribution in [2.24, 2.45) is 0 Å². The standard InChI is InChI=1S/C15H22N2O5S/c1-2-22-9-3-8-16-23(20,21)14-10-11(15(18)19)4-7-13(14)17-12-5-6-12/h4,7,10,12,16-17H,2-3,5-6,8-9H2,1H3,(H,18,19). The van der Waals surface area contributed by atoms with Gasteiger partial charge in [0, 0.05) is 25.8 Å². The Balaban J connectivity index is 2.15. The molecule has 1 aliphatic rings. The topological polar surface area (TPSA) is 105 Å². The lowest BCUT2D eigenvalue weighted by molar-refractivity contribution is 0.0696. The van der Waals surface area contributed by atoms with Crippen LogP contribution in [0, 0.1) is 0 Å². The van der Waals surface area contributed by atoms with Gasteiger partial charge in [0.25, 0.3) is 0 Å². The summed E-state index contributed by atoms with van der Waals surface area (Å²) in [4.78, 5) is 11.1. The summed E-state index contributed by atoms with van der Waals surface area (Å²) in [5.41, 5.74) is 0.385. The Kier molecular flexibility index (Phi) is 5.97. The van der Waals surface area contributed by atoms with Crippen LogP contribution in [0.15, 0.2) is 23.1 Å². The molecule has 0 heterocycles. The number of hydrogen-bond donors (Lipinski definition) is 3. The number of rotatable bonds is 10. The summed E-state index contributed by atoms with van der Waals surface area (Å²) in [5.74, 6) is -1.16. The van der Waals surface area contributed by atoms with Gasteiger partial charge < -0.3 is 15.2 Å². The predicted molar refractivity (Wildman–Crippen MR) is 86.3 cm³/mol. The fourth-order valence-electron chi connectivity index (χ4n) is 2.05. The van der Waals surface area contributed by atoms with E-state index in [0.29, 0.717) is 25.3 Å². The van der Waals surface area contributed by atoms with Crippen molar-refractivity contribution >= 4 is 21.7 Å². The maximum atomic E-state index is 12.5. The van der Waals surface area contributed by atoms with E-state index in [-0.39, 0.29) is 23.0 Å². The van der Waals surface area contributed by atoms with Gasteiger partial charge in [0.2, 0.25) is 10.0 Å². The third-order valence-corrected chi connectivity index (χ3v) is 4.92. The van der Waals surface area contributed by atoms with Gasteiger partial charge in [0.05, 0.1) is 11.3 Å². The lowest BCUT2D eigenvalue weighted by Gasteiger charge is -2.14. The van der Waals surface area contributed by atoms with Crippen molar-refractivity contribution < 1.29 is 23.1 Å². The number of carboxylic acid groups (broad SMARTS) is 1. The van der Waals surface area contributed by atoms with Gasteiger partial charge in [0.1, 0.15) is 4.90 Å². The van der Waals surface area contributed by atoms with E-state index < -0.39 is 16.0 Å². The zero-order valence-electron chi connectivity index (χ0n) is 13.0. The molecule has 1 fully saturated rings. The smallest absolute Gasteiger partial charge is 0.335 e. The highest BCUT2D eigenvalue weighted by Crippen LogP contribution is 2.29. The Hall–Kier alpha value is -1.64. The van der Waals surface area contributed by atoms with E-state index in [9.17, 15) is 13.2 Å². The van der Waals surface area contributed by atoms with Crippen LogP contribution in [0.25, 0.3) is 0 Å². The molecular formula is C15H22N2O5S. The molecule has 0 unspecified atom stereocenters. The highest BCUT2D eigenvalue weighted by Gasteiger charge is 2.26. The first-order valence-corrected chi connectivity index (χ1v) is 9.13. The number of nitrogens with one attached hydrogen (secondary N) is 2. The lowest BCUT2D eigenvalue weighted by Crippen LogP contribution is -2.27. The molecule has 0 bridgehead atoms. The number of hydrogen-bond acceptors (Lipinski definition) is 5. The van der Waals surface area contributed by atoms with E-state index >= 15 is 0 Å². The van der Waals surface area contributed by atoms with Crippen molar-refractivity contribution in [2.45, 2.75) is 37.1 Å².